The molecule has 0 saturated carbocycles. The summed E-state index contributed by atoms with van der Waals surface area (Å²) in [6.07, 6.45) is 0.160. The number of phenolic OH excluding ortho intramolecular Hbond substituents is 1. The van der Waals surface area contributed by atoms with Crippen LogP contribution in [0.3, 0.4) is 0 Å². The van der Waals surface area contributed by atoms with Gasteiger partial charge in [-0.1, -0.05) is 35.3 Å². The fraction of sp³-hybridized carbons (Fsp3) is 0.133. The van der Waals surface area contributed by atoms with Gasteiger partial charge in [0.1, 0.15) is 5.75 Å². The number of phenols is 1. The Bertz CT molecular complexity index is 657. The summed E-state index contributed by atoms with van der Waals surface area (Å²) in [5.41, 5.74) is 1.01. The number of ether oxygens (including phenoxy) is 1. The highest BCUT2D eigenvalue weighted by atomic mass is 35.5. The van der Waals surface area contributed by atoms with E-state index >= 15 is 0 Å². The SMILES string of the molecule is COc1ccc(CC(=O)Nc2cc(Cl)cc(Cl)c2O)cc1. The highest BCUT2D eigenvalue weighted by Crippen LogP contribution is 2.35. The van der Waals surface area contributed by atoms with Crippen molar-refractivity contribution in [2.24, 2.45) is 0 Å². The molecule has 1 amide bonds. The van der Waals surface area contributed by atoms with E-state index in [4.69, 9.17) is 27.9 Å². The van der Waals surface area contributed by atoms with Gasteiger partial charge < -0.3 is 15.2 Å². The van der Waals surface area contributed by atoms with Gasteiger partial charge in [-0.15, -0.1) is 0 Å². The third-order valence-electron chi connectivity index (χ3n) is 2.83. The Morgan fingerprint density at radius 3 is 2.52 bits per heavy atom. The zero-order valence-electron chi connectivity index (χ0n) is 11.2. The van der Waals surface area contributed by atoms with E-state index < -0.39 is 0 Å². The lowest BCUT2D eigenvalue weighted by Crippen LogP contribution is -2.14. The molecule has 0 heterocycles. The third kappa shape index (κ3) is 4.03. The Morgan fingerprint density at radius 2 is 1.90 bits per heavy atom. The van der Waals surface area contributed by atoms with Crippen LogP contribution in [0.25, 0.3) is 0 Å². The summed E-state index contributed by atoms with van der Waals surface area (Å²) in [7, 11) is 1.58. The molecule has 0 aliphatic rings. The lowest BCUT2D eigenvalue weighted by Gasteiger charge is -2.09. The molecule has 2 aromatic carbocycles. The normalized spacial score (nSPS) is 10.2. The largest absolute Gasteiger partial charge is 0.504 e. The van der Waals surface area contributed by atoms with E-state index in [-0.39, 0.29) is 28.8 Å². The summed E-state index contributed by atoms with van der Waals surface area (Å²) in [6.45, 7) is 0. The van der Waals surface area contributed by atoms with E-state index in [2.05, 4.69) is 5.32 Å². The minimum Gasteiger partial charge on any atom is -0.504 e. The second-order valence-corrected chi connectivity index (χ2v) is 5.20. The Balaban J connectivity index is 2.07. The molecule has 0 aromatic heterocycles. The van der Waals surface area contributed by atoms with Gasteiger partial charge in [-0.05, 0) is 29.8 Å². The predicted molar refractivity (Wildman–Crippen MR) is 83.5 cm³/mol. The lowest BCUT2D eigenvalue weighted by atomic mass is 10.1. The zero-order valence-corrected chi connectivity index (χ0v) is 12.7. The Kier molecular flexibility index (Phi) is 4.94. The van der Waals surface area contributed by atoms with E-state index in [1.807, 2.05) is 0 Å². The van der Waals surface area contributed by atoms with Crippen LogP contribution in [0.5, 0.6) is 11.5 Å². The minimum absolute atomic E-state index is 0.0854. The van der Waals surface area contributed by atoms with Crippen LogP contribution < -0.4 is 10.1 Å². The molecule has 0 bridgehead atoms. The third-order valence-corrected chi connectivity index (χ3v) is 3.33. The maximum atomic E-state index is 12.0. The van der Waals surface area contributed by atoms with Crippen molar-refractivity contribution in [1.82, 2.24) is 0 Å². The Morgan fingerprint density at radius 1 is 1.24 bits per heavy atom. The number of benzene rings is 2. The number of methoxy groups -OCH3 is 1. The average Bonchev–Trinajstić information content (AvgIpc) is 2.45. The molecule has 2 aromatic rings. The summed E-state index contributed by atoms with van der Waals surface area (Å²) in [4.78, 5) is 12.0. The molecule has 2 rings (SSSR count). The van der Waals surface area contributed by atoms with Crippen molar-refractivity contribution in [2.75, 3.05) is 12.4 Å². The van der Waals surface area contributed by atoms with Gasteiger partial charge in [0.05, 0.1) is 24.2 Å². The van der Waals surface area contributed by atoms with Gasteiger partial charge >= 0.3 is 0 Å². The van der Waals surface area contributed by atoms with Crippen LogP contribution in [-0.2, 0) is 11.2 Å². The van der Waals surface area contributed by atoms with Crippen LogP contribution in [0.15, 0.2) is 36.4 Å². The molecule has 0 aliphatic carbocycles. The monoisotopic (exact) mass is 325 g/mol. The standard InChI is InChI=1S/C15H13Cl2NO3/c1-21-11-4-2-9(3-5-11)6-14(19)18-13-8-10(16)7-12(17)15(13)20/h2-5,7-8,20H,6H2,1H3,(H,18,19). The average molecular weight is 326 g/mol. The molecule has 0 aliphatic heterocycles. The zero-order chi connectivity index (χ0) is 15.4. The van der Waals surface area contributed by atoms with Crippen molar-refractivity contribution < 1.29 is 14.6 Å². The number of amides is 1. The Hall–Kier alpha value is -1.91. The fourth-order valence-corrected chi connectivity index (χ4v) is 2.28. The quantitative estimate of drug-likeness (QED) is 0.838. The molecule has 0 spiro atoms. The number of rotatable bonds is 4. The first-order chi connectivity index (χ1) is 9.99. The fourth-order valence-electron chi connectivity index (χ4n) is 1.78. The first-order valence-electron chi connectivity index (χ1n) is 6.10. The highest BCUT2D eigenvalue weighted by Gasteiger charge is 2.11. The van der Waals surface area contributed by atoms with Gasteiger partial charge in [0, 0.05) is 5.02 Å². The van der Waals surface area contributed by atoms with Crippen molar-refractivity contribution in [3.05, 3.63) is 52.0 Å². The smallest absolute Gasteiger partial charge is 0.228 e. The number of hydrogen-bond donors (Lipinski definition) is 2. The first kappa shape index (κ1) is 15.5. The lowest BCUT2D eigenvalue weighted by molar-refractivity contribution is -0.115. The summed E-state index contributed by atoms with van der Waals surface area (Å²) < 4.78 is 5.05. The van der Waals surface area contributed by atoms with E-state index in [1.165, 1.54) is 12.1 Å². The highest BCUT2D eigenvalue weighted by molar-refractivity contribution is 6.36. The molecule has 0 radical (unpaired) electrons. The maximum absolute atomic E-state index is 12.0. The van der Waals surface area contributed by atoms with E-state index in [1.54, 1.807) is 31.4 Å². The number of hydrogen-bond acceptors (Lipinski definition) is 3. The van der Waals surface area contributed by atoms with Gasteiger partial charge in [0.2, 0.25) is 5.91 Å². The van der Waals surface area contributed by atoms with Crippen LogP contribution in [-0.4, -0.2) is 18.1 Å². The van der Waals surface area contributed by atoms with Crippen molar-refractivity contribution >= 4 is 34.8 Å². The minimum atomic E-state index is -0.284. The number of anilines is 1. The molecule has 110 valence electrons. The van der Waals surface area contributed by atoms with Gasteiger partial charge in [0.25, 0.3) is 0 Å². The number of carbonyl (C=O) groups is 1. The van der Waals surface area contributed by atoms with Crippen LogP contribution in [0, 0.1) is 0 Å². The number of carbonyl (C=O) groups excluding carboxylic acids is 1. The summed E-state index contributed by atoms with van der Waals surface area (Å²) in [5.74, 6) is 0.233. The summed E-state index contributed by atoms with van der Waals surface area (Å²) >= 11 is 11.6. The van der Waals surface area contributed by atoms with Crippen LogP contribution in [0.1, 0.15) is 5.56 Å². The molecule has 21 heavy (non-hydrogen) atoms. The van der Waals surface area contributed by atoms with Gasteiger partial charge in [0.15, 0.2) is 5.75 Å². The molecule has 2 N–H and O–H groups in total. The molecule has 0 atom stereocenters. The topological polar surface area (TPSA) is 58.6 Å². The second kappa shape index (κ2) is 6.70. The molecule has 6 heteroatoms. The molecular weight excluding hydrogens is 313 g/mol. The number of halogens is 2. The van der Waals surface area contributed by atoms with Crippen LogP contribution in [0.4, 0.5) is 5.69 Å². The van der Waals surface area contributed by atoms with Gasteiger partial charge in [-0.25, -0.2) is 0 Å². The Labute approximate surface area is 132 Å². The van der Waals surface area contributed by atoms with Crippen LogP contribution in [0.2, 0.25) is 10.0 Å². The second-order valence-electron chi connectivity index (χ2n) is 4.36. The van der Waals surface area contributed by atoms with Gasteiger partial charge in [-0.3, -0.25) is 4.79 Å². The maximum Gasteiger partial charge on any atom is 0.228 e. The van der Waals surface area contributed by atoms with Gasteiger partial charge in [-0.2, -0.15) is 0 Å². The molecule has 4 nitrogen and oxygen atoms in total. The number of nitrogens with one attached hydrogen (secondary N) is 1. The molecular formula is C15H13Cl2NO3. The van der Waals surface area contributed by atoms with Crippen molar-refractivity contribution in [2.45, 2.75) is 6.42 Å². The molecule has 0 unspecified atom stereocenters. The van der Waals surface area contributed by atoms with Crippen molar-refractivity contribution in [3.8, 4) is 11.5 Å². The predicted octanol–water partition coefficient (Wildman–Crippen LogP) is 3.89. The van der Waals surface area contributed by atoms with Crippen molar-refractivity contribution in [3.63, 3.8) is 0 Å². The first-order valence-corrected chi connectivity index (χ1v) is 6.86. The summed E-state index contributed by atoms with van der Waals surface area (Å²) in [6, 6.07) is 9.98. The molecule has 0 fully saturated rings. The van der Waals surface area contributed by atoms with E-state index in [0.29, 0.717) is 5.02 Å². The van der Waals surface area contributed by atoms with E-state index in [0.717, 1.165) is 11.3 Å². The number of aromatic hydroxyl groups is 1. The van der Waals surface area contributed by atoms with Crippen molar-refractivity contribution in [1.29, 1.82) is 0 Å². The summed E-state index contributed by atoms with van der Waals surface area (Å²) in [5, 5.41) is 12.8. The van der Waals surface area contributed by atoms with E-state index in [9.17, 15) is 9.90 Å². The molecule has 0 saturated heterocycles. The van der Waals surface area contributed by atoms with Crippen LogP contribution >= 0.6 is 23.2 Å².